The summed E-state index contributed by atoms with van der Waals surface area (Å²) in [7, 11) is 0. The molecule has 0 aromatic heterocycles. The van der Waals surface area contributed by atoms with E-state index >= 15 is 0 Å². The summed E-state index contributed by atoms with van der Waals surface area (Å²) >= 11 is 0. The number of rotatable bonds is 6. The lowest BCUT2D eigenvalue weighted by molar-refractivity contribution is -0.131. The number of nitrogens with one attached hydrogen (secondary N) is 1. The van der Waals surface area contributed by atoms with E-state index in [2.05, 4.69) is 31.3 Å². The average Bonchev–Trinajstić information content (AvgIpc) is 2.44. The maximum Gasteiger partial charge on any atom is 0.328 e. The monoisotopic (exact) mass is 275 g/mol. The van der Waals surface area contributed by atoms with Gasteiger partial charge in [-0.15, -0.1) is 0 Å². The third-order valence-electron chi connectivity index (χ3n) is 3.35. The van der Waals surface area contributed by atoms with Crippen molar-refractivity contribution in [1.82, 2.24) is 5.32 Å². The van der Waals surface area contributed by atoms with Crippen molar-refractivity contribution in [2.45, 2.75) is 39.2 Å². The molecular weight excluding hydrogens is 254 g/mol. The van der Waals surface area contributed by atoms with Crippen LogP contribution in [-0.2, 0) is 9.59 Å². The summed E-state index contributed by atoms with van der Waals surface area (Å²) in [6.45, 7) is 6.19. The Morgan fingerprint density at radius 2 is 1.70 bits per heavy atom. The number of carboxylic acids is 1. The van der Waals surface area contributed by atoms with Gasteiger partial charge < -0.3 is 10.4 Å². The zero-order valence-corrected chi connectivity index (χ0v) is 12.1. The maximum absolute atomic E-state index is 11.5. The number of carbonyl (C=O) groups excluding carboxylic acids is 1. The molecule has 0 heterocycles. The highest BCUT2D eigenvalue weighted by atomic mass is 16.4. The van der Waals surface area contributed by atoms with Gasteiger partial charge in [0.25, 0.3) is 0 Å². The molecule has 0 bridgehead atoms. The summed E-state index contributed by atoms with van der Waals surface area (Å²) < 4.78 is 0. The fraction of sp³-hybridized carbons (Fsp3) is 0.375. The highest BCUT2D eigenvalue weighted by Crippen LogP contribution is 2.21. The van der Waals surface area contributed by atoms with Gasteiger partial charge in [-0.2, -0.15) is 0 Å². The first kappa shape index (κ1) is 16.0. The van der Waals surface area contributed by atoms with Crippen molar-refractivity contribution in [3.63, 3.8) is 0 Å². The molecule has 20 heavy (non-hydrogen) atoms. The number of aliphatic carboxylic acids is 1. The van der Waals surface area contributed by atoms with Crippen LogP contribution in [0.15, 0.2) is 36.4 Å². The van der Waals surface area contributed by atoms with Crippen molar-refractivity contribution in [3.8, 4) is 0 Å². The molecule has 108 valence electrons. The second-order valence-corrected chi connectivity index (χ2v) is 4.88. The van der Waals surface area contributed by atoms with Gasteiger partial charge in [-0.05, 0) is 30.4 Å². The topological polar surface area (TPSA) is 66.4 Å². The summed E-state index contributed by atoms with van der Waals surface area (Å²) in [5, 5.41) is 11.2. The van der Waals surface area contributed by atoms with Crippen LogP contribution in [0, 0.1) is 0 Å². The van der Waals surface area contributed by atoms with Gasteiger partial charge >= 0.3 is 5.97 Å². The molecule has 0 fully saturated rings. The maximum atomic E-state index is 11.5. The predicted molar refractivity (Wildman–Crippen MR) is 78.5 cm³/mol. The lowest BCUT2D eigenvalue weighted by Crippen LogP contribution is -2.24. The molecule has 0 aliphatic rings. The molecule has 0 aliphatic carbocycles. The van der Waals surface area contributed by atoms with E-state index < -0.39 is 11.9 Å². The van der Waals surface area contributed by atoms with E-state index in [-0.39, 0.29) is 6.04 Å². The van der Waals surface area contributed by atoms with Crippen LogP contribution in [0.2, 0.25) is 0 Å². The zero-order chi connectivity index (χ0) is 15.1. The molecule has 1 aromatic rings. The van der Waals surface area contributed by atoms with Crippen LogP contribution in [0.1, 0.15) is 50.3 Å². The lowest BCUT2D eigenvalue weighted by atomic mass is 9.96. The molecule has 2 N–H and O–H groups in total. The van der Waals surface area contributed by atoms with Crippen molar-refractivity contribution in [2.75, 3.05) is 0 Å². The third kappa shape index (κ3) is 4.88. The Labute approximate surface area is 119 Å². The smallest absolute Gasteiger partial charge is 0.328 e. The normalized spacial score (nSPS) is 13.9. The molecule has 2 unspecified atom stereocenters. The minimum atomic E-state index is -1.13. The van der Waals surface area contributed by atoms with Crippen LogP contribution in [0.4, 0.5) is 0 Å². The van der Waals surface area contributed by atoms with E-state index in [1.165, 1.54) is 5.56 Å². The SMILES string of the molecule is CCC(C)c1ccc(C(C)NC(=O)/C=C\C(=O)O)cc1. The molecule has 0 saturated heterocycles. The Bertz CT molecular complexity index is 491. The number of carbonyl (C=O) groups is 2. The van der Waals surface area contributed by atoms with Crippen LogP contribution in [-0.4, -0.2) is 17.0 Å². The van der Waals surface area contributed by atoms with Gasteiger partial charge in [-0.1, -0.05) is 38.1 Å². The van der Waals surface area contributed by atoms with Gasteiger partial charge in [-0.3, -0.25) is 4.79 Å². The molecule has 4 nitrogen and oxygen atoms in total. The summed E-state index contributed by atoms with van der Waals surface area (Å²) in [6, 6.07) is 7.96. The van der Waals surface area contributed by atoms with E-state index in [4.69, 9.17) is 5.11 Å². The van der Waals surface area contributed by atoms with E-state index in [9.17, 15) is 9.59 Å². The van der Waals surface area contributed by atoms with Crippen molar-refractivity contribution in [3.05, 3.63) is 47.5 Å². The minimum absolute atomic E-state index is 0.160. The highest BCUT2D eigenvalue weighted by Gasteiger charge is 2.09. The Hall–Kier alpha value is -2.10. The van der Waals surface area contributed by atoms with Gasteiger partial charge in [0.2, 0.25) is 5.91 Å². The molecule has 0 aliphatic heterocycles. The summed E-state index contributed by atoms with van der Waals surface area (Å²) in [6.07, 6.45) is 2.94. The third-order valence-corrected chi connectivity index (χ3v) is 3.35. The molecule has 0 saturated carbocycles. The molecule has 4 heteroatoms. The standard InChI is InChI=1S/C16H21NO3/c1-4-11(2)13-5-7-14(8-6-13)12(3)17-15(18)9-10-16(19)20/h5-12H,4H2,1-3H3,(H,17,18)(H,19,20)/b10-9-. The molecular formula is C16H21NO3. The molecule has 1 amide bonds. The zero-order valence-electron chi connectivity index (χ0n) is 12.1. The van der Waals surface area contributed by atoms with E-state index in [0.29, 0.717) is 5.92 Å². The Morgan fingerprint density at radius 1 is 1.15 bits per heavy atom. The summed E-state index contributed by atoms with van der Waals surface area (Å²) in [5.74, 6) is -1.02. The number of hydrogen-bond donors (Lipinski definition) is 2. The number of benzene rings is 1. The summed E-state index contributed by atoms with van der Waals surface area (Å²) in [4.78, 5) is 21.8. The molecule has 1 aromatic carbocycles. The second kappa shape index (κ2) is 7.48. The van der Waals surface area contributed by atoms with E-state index in [1.54, 1.807) is 0 Å². The van der Waals surface area contributed by atoms with Gasteiger partial charge in [0.15, 0.2) is 0 Å². The molecule has 2 atom stereocenters. The average molecular weight is 275 g/mol. The van der Waals surface area contributed by atoms with Crippen molar-refractivity contribution < 1.29 is 14.7 Å². The predicted octanol–water partition coefficient (Wildman–Crippen LogP) is 3.02. The Morgan fingerprint density at radius 3 is 2.20 bits per heavy atom. The lowest BCUT2D eigenvalue weighted by Gasteiger charge is -2.15. The van der Waals surface area contributed by atoms with Crippen molar-refractivity contribution in [2.24, 2.45) is 0 Å². The minimum Gasteiger partial charge on any atom is -0.478 e. The Balaban J connectivity index is 2.66. The molecule has 0 spiro atoms. The van der Waals surface area contributed by atoms with Crippen LogP contribution < -0.4 is 5.32 Å². The van der Waals surface area contributed by atoms with Gasteiger partial charge in [0.05, 0.1) is 6.04 Å². The van der Waals surface area contributed by atoms with Crippen molar-refractivity contribution in [1.29, 1.82) is 0 Å². The van der Waals surface area contributed by atoms with Crippen LogP contribution in [0.5, 0.6) is 0 Å². The van der Waals surface area contributed by atoms with Gasteiger partial charge in [0.1, 0.15) is 0 Å². The first-order valence-corrected chi connectivity index (χ1v) is 6.75. The summed E-state index contributed by atoms with van der Waals surface area (Å²) in [5.41, 5.74) is 2.27. The van der Waals surface area contributed by atoms with E-state index in [1.807, 2.05) is 19.1 Å². The first-order valence-electron chi connectivity index (χ1n) is 6.75. The largest absolute Gasteiger partial charge is 0.478 e. The number of carboxylic acid groups (broad SMARTS) is 1. The first-order chi connectivity index (χ1) is 9.43. The number of hydrogen-bond acceptors (Lipinski definition) is 2. The molecule has 1 rings (SSSR count). The fourth-order valence-electron chi connectivity index (χ4n) is 1.84. The van der Waals surface area contributed by atoms with Gasteiger partial charge in [0, 0.05) is 12.2 Å². The number of amides is 1. The fourth-order valence-corrected chi connectivity index (χ4v) is 1.84. The second-order valence-electron chi connectivity index (χ2n) is 4.88. The van der Waals surface area contributed by atoms with Crippen LogP contribution in [0.25, 0.3) is 0 Å². The van der Waals surface area contributed by atoms with Crippen LogP contribution in [0.3, 0.4) is 0 Å². The molecule has 0 radical (unpaired) electrons. The van der Waals surface area contributed by atoms with Crippen molar-refractivity contribution >= 4 is 11.9 Å². The van der Waals surface area contributed by atoms with Crippen LogP contribution >= 0.6 is 0 Å². The Kier molecular flexibility index (Phi) is 5.97. The van der Waals surface area contributed by atoms with Gasteiger partial charge in [-0.25, -0.2) is 4.79 Å². The highest BCUT2D eigenvalue weighted by molar-refractivity contribution is 5.94. The van der Waals surface area contributed by atoms with E-state index in [0.717, 1.165) is 24.1 Å². The quantitative estimate of drug-likeness (QED) is 0.784.